The van der Waals surface area contributed by atoms with Crippen molar-refractivity contribution in [3.8, 4) is 23.3 Å². The highest BCUT2D eigenvalue weighted by Gasteiger charge is 2.21. The first-order chi connectivity index (χ1) is 13.3. The number of nitrogens with one attached hydrogen (secondary N) is 1. The van der Waals surface area contributed by atoms with E-state index in [0.29, 0.717) is 11.1 Å². The second-order valence-corrected chi connectivity index (χ2v) is 7.39. The summed E-state index contributed by atoms with van der Waals surface area (Å²) in [6.07, 6.45) is 0. The van der Waals surface area contributed by atoms with Gasteiger partial charge in [0.05, 0.1) is 0 Å². The van der Waals surface area contributed by atoms with Crippen molar-refractivity contribution in [3.63, 3.8) is 0 Å². The van der Waals surface area contributed by atoms with Gasteiger partial charge >= 0.3 is 0 Å². The molecule has 1 fully saturated rings. The highest BCUT2D eigenvalue weighted by molar-refractivity contribution is 5.82. The number of nitrogens with zero attached hydrogens (tertiary/aromatic N) is 4. The Bertz CT molecular complexity index is 1050. The third-order valence-corrected chi connectivity index (χ3v) is 5.41. The first kappa shape index (κ1) is 19.6. The molecule has 0 bridgehead atoms. The van der Waals surface area contributed by atoms with E-state index >= 15 is 0 Å². The van der Waals surface area contributed by atoms with Crippen molar-refractivity contribution < 1.29 is 0 Å². The van der Waals surface area contributed by atoms with Crippen LogP contribution in [0.15, 0.2) is 16.9 Å². The number of piperazine rings is 1. The van der Waals surface area contributed by atoms with E-state index in [1.54, 1.807) is 0 Å². The van der Waals surface area contributed by atoms with E-state index in [9.17, 15) is 15.3 Å². The Morgan fingerprint density at radius 3 is 2.32 bits per heavy atom. The first-order valence-electron chi connectivity index (χ1n) is 9.23. The smallest absolute Gasteiger partial charge is 0.268 e. The molecular formula is C21H24N6O. The normalized spacial score (nSPS) is 15.2. The van der Waals surface area contributed by atoms with Crippen LogP contribution in [0.3, 0.4) is 0 Å². The monoisotopic (exact) mass is 376 g/mol. The summed E-state index contributed by atoms with van der Waals surface area (Å²) >= 11 is 0. The summed E-state index contributed by atoms with van der Waals surface area (Å²) in [7, 11) is 2.12. The van der Waals surface area contributed by atoms with E-state index in [2.05, 4.69) is 28.8 Å². The molecule has 0 saturated carbocycles. The van der Waals surface area contributed by atoms with Crippen LogP contribution < -0.4 is 11.3 Å². The summed E-state index contributed by atoms with van der Waals surface area (Å²) in [5.74, 6) is -0.0120. The molecule has 2 heterocycles. The van der Waals surface area contributed by atoms with Crippen molar-refractivity contribution in [1.29, 1.82) is 10.5 Å². The zero-order valence-electron chi connectivity index (χ0n) is 16.5. The molecule has 1 aliphatic rings. The van der Waals surface area contributed by atoms with Gasteiger partial charge in [-0.2, -0.15) is 10.5 Å². The summed E-state index contributed by atoms with van der Waals surface area (Å²) in [5, 5.41) is 19.1. The van der Waals surface area contributed by atoms with E-state index in [4.69, 9.17) is 5.73 Å². The Morgan fingerprint density at radius 2 is 1.71 bits per heavy atom. The van der Waals surface area contributed by atoms with Gasteiger partial charge in [-0.3, -0.25) is 9.69 Å². The summed E-state index contributed by atoms with van der Waals surface area (Å²) in [6.45, 7) is 8.80. The lowest BCUT2D eigenvalue weighted by Crippen LogP contribution is -2.43. The fraction of sp³-hybridized carbons (Fsp3) is 0.381. The van der Waals surface area contributed by atoms with Gasteiger partial charge in [-0.25, -0.2) is 0 Å². The molecule has 144 valence electrons. The van der Waals surface area contributed by atoms with Crippen molar-refractivity contribution in [2.75, 3.05) is 39.0 Å². The Kier molecular flexibility index (Phi) is 5.51. The van der Waals surface area contributed by atoms with Gasteiger partial charge < -0.3 is 15.6 Å². The molecule has 0 aliphatic carbocycles. The predicted octanol–water partition coefficient (Wildman–Crippen LogP) is 1.73. The van der Waals surface area contributed by atoms with Crippen molar-refractivity contribution in [1.82, 2.24) is 14.8 Å². The molecule has 7 nitrogen and oxygen atoms in total. The Hall–Kier alpha value is -3.13. The highest BCUT2D eigenvalue weighted by atomic mass is 16.1. The molecule has 2 aromatic rings. The summed E-state index contributed by atoms with van der Waals surface area (Å²) in [6, 6.07) is 8.04. The molecule has 0 radical (unpaired) electrons. The fourth-order valence-electron chi connectivity index (χ4n) is 3.70. The minimum Gasteiger partial charge on any atom is -0.384 e. The van der Waals surface area contributed by atoms with E-state index in [-0.39, 0.29) is 16.9 Å². The Balaban J connectivity index is 2.13. The van der Waals surface area contributed by atoms with Crippen LogP contribution in [-0.4, -0.2) is 48.0 Å². The van der Waals surface area contributed by atoms with Crippen LogP contribution in [0.25, 0.3) is 11.1 Å². The number of aromatic nitrogens is 1. The largest absolute Gasteiger partial charge is 0.384 e. The zero-order chi connectivity index (χ0) is 20.4. The maximum atomic E-state index is 12.3. The summed E-state index contributed by atoms with van der Waals surface area (Å²) in [4.78, 5) is 19.4. The molecular weight excluding hydrogens is 352 g/mol. The molecule has 3 rings (SSSR count). The van der Waals surface area contributed by atoms with E-state index < -0.39 is 5.56 Å². The topological polar surface area (TPSA) is 113 Å². The highest BCUT2D eigenvalue weighted by Crippen LogP contribution is 2.33. The van der Waals surface area contributed by atoms with Gasteiger partial charge in [-0.15, -0.1) is 0 Å². The zero-order valence-corrected chi connectivity index (χ0v) is 16.5. The quantitative estimate of drug-likeness (QED) is 0.843. The number of H-pyrrole nitrogens is 1. The number of aromatic amines is 1. The lowest BCUT2D eigenvalue weighted by molar-refractivity contribution is 0.148. The second-order valence-electron chi connectivity index (χ2n) is 7.39. The van der Waals surface area contributed by atoms with Crippen LogP contribution >= 0.6 is 0 Å². The van der Waals surface area contributed by atoms with Gasteiger partial charge in [0.2, 0.25) is 0 Å². The third kappa shape index (κ3) is 3.63. The first-order valence-corrected chi connectivity index (χ1v) is 9.23. The lowest BCUT2D eigenvalue weighted by Gasteiger charge is -2.32. The minimum absolute atomic E-state index is 0.0120. The molecule has 0 spiro atoms. The van der Waals surface area contributed by atoms with Crippen LogP contribution in [-0.2, 0) is 6.54 Å². The molecule has 1 aromatic carbocycles. The van der Waals surface area contributed by atoms with Crippen LogP contribution in [0, 0.1) is 36.5 Å². The number of hydrogen-bond acceptors (Lipinski definition) is 6. The summed E-state index contributed by atoms with van der Waals surface area (Å²) in [5.41, 5.74) is 9.55. The molecule has 1 saturated heterocycles. The maximum absolute atomic E-state index is 12.3. The molecule has 1 aromatic heterocycles. The molecule has 7 heteroatoms. The van der Waals surface area contributed by atoms with Gasteiger partial charge in [-0.05, 0) is 49.2 Å². The number of hydrogen-bond donors (Lipinski definition) is 2. The van der Waals surface area contributed by atoms with E-state index in [0.717, 1.165) is 49.4 Å². The van der Waals surface area contributed by atoms with Gasteiger partial charge in [-0.1, -0.05) is 6.07 Å². The number of rotatable bonds is 3. The van der Waals surface area contributed by atoms with Gasteiger partial charge in [0.15, 0.2) is 0 Å². The molecule has 0 atom stereocenters. The van der Waals surface area contributed by atoms with E-state index in [1.807, 2.05) is 31.2 Å². The number of anilines is 1. The number of pyridine rings is 1. The van der Waals surface area contributed by atoms with Gasteiger partial charge in [0, 0.05) is 38.3 Å². The fourth-order valence-corrected chi connectivity index (χ4v) is 3.70. The van der Waals surface area contributed by atoms with Crippen LogP contribution in [0.2, 0.25) is 0 Å². The number of aryl methyl sites for hydroxylation is 2. The van der Waals surface area contributed by atoms with Gasteiger partial charge in [0.25, 0.3) is 5.56 Å². The minimum atomic E-state index is -0.574. The molecule has 28 heavy (non-hydrogen) atoms. The van der Waals surface area contributed by atoms with Crippen molar-refractivity contribution >= 4 is 5.82 Å². The standard InChI is InChI=1S/C21H24N6O/c1-13-8-14(2)16(9-15(13)12-27-6-4-26(3)5-7-27)19-17(10-22)20(24)25-21(28)18(19)11-23/h8-9H,4-7,12H2,1-3H3,(H3,24,25,28). The SMILES string of the molecule is Cc1cc(C)c(-c2c(C#N)c(N)[nH]c(=O)c2C#N)cc1CN1CCN(C)CC1. The molecule has 3 N–H and O–H groups in total. The Morgan fingerprint density at radius 1 is 1.07 bits per heavy atom. The Labute approximate surface area is 164 Å². The molecule has 0 amide bonds. The van der Waals surface area contributed by atoms with Crippen LogP contribution in [0.4, 0.5) is 5.82 Å². The van der Waals surface area contributed by atoms with Crippen LogP contribution in [0.5, 0.6) is 0 Å². The van der Waals surface area contributed by atoms with Crippen molar-refractivity contribution in [3.05, 3.63) is 50.3 Å². The molecule has 1 aliphatic heterocycles. The second kappa shape index (κ2) is 7.85. The van der Waals surface area contributed by atoms with Crippen LogP contribution in [0.1, 0.15) is 27.8 Å². The average Bonchev–Trinajstić information content (AvgIpc) is 2.65. The summed E-state index contributed by atoms with van der Waals surface area (Å²) < 4.78 is 0. The van der Waals surface area contributed by atoms with E-state index in [1.165, 1.54) is 0 Å². The van der Waals surface area contributed by atoms with Gasteiger partial charge in [0.1, 0.15) is 29.1 Å². The molecule has 0 unspecified atom stereocenters. The number of likely N-dealkylation sites (N-methyl/N-ethyl adjacent to an activating group) is 1. The van der Waals surface area contributed by atoms with Crippen molar-refractivity contribution in [2.45, 2.75) is 20.4 Å². The predicted molar refractivity (Wildman–Crippen MR) is 109 cm³/mol. The number of nitriles is 2. The number of nitrogen functional groups attached to an aromatic ring is 1. The number of nitrogens with two attached hydrogens (primary N) is 1. The maximum Gasteiger partial charge on any atom is 0.268 e. The average molecular weight is 376 g/mol. The third-order valence-electron chi connectivity index (χ3n) is 5.41. The lowest BCUT2D eigenvalue weighted by atomic mass is 9.90. The number of benzene rings is 1. The van der Waals surface area contributed by atoms with Crippen molar-refractivity contribution in [2.24, 2.45) is 0 Å².